The van der Waals surface area contributed by atoms with E-state index in [-0.39, 0.29) is 24.5 Å². The molecule has 0 unspecified atom stereocenters. The highest BCUT2D eigenvalue weighted by molar-refractivity contribution is 7.87. The molecule has 1 aliphatic rings. The smallest absolute Gasteiger partial charge is 0.309 e. The van der Waals surface area contributed by atoms with E-state index in [9.17, 15) is 13.2 Å². The lowest BCUT2D eigenvalue weighted by Crippen LogP contribution is -2.49. The molecule has 0 spiro atoms. The molecule has 0 amide bonds. The van der Waals surface area contributed by atoms with Crippen molar-refractivity contribution >= 4 is 16.2 Å². The molecule has 1 saturated heterocycles. The number of nitrogens with zero attached hydrogens (tertiary/aromatic N) is 1. The van der Waals surface area contributed by atoms with Gasteiger partial charge in [-0.3, -0.25) is 4.79 Å². The van der Waals surface area contributed by atoms with Crippen LogP contribution in [-0.2, 0) is 19.7 Å². The second kappa shape index (κ2) is 7.18. The summed E-state index contributed by atoms with van der Waals surface area (Å²) in [5.74, 6) is -0.429. The Kier molecular flexibility index (Phi) is 6.18. The number of rotatable bonds is 6. The van der Waals surface area contributed by atoms with Gasteiger partial charge in [0.25, 0.3) is 10.2 Å². The normalized spacial score (nSPS) is 20.2. The van der Waals surface area contributed by atoms with E-state index in [1.807, 2.05) is 0 Å². The number of ether oxygens (including phenoxy) is 1. The van der Waals surface area contributed by atoms with E-state index in [2.05, 4.69) is 4.72 Å². The van der Waals surface area contributed by atoms with Crippen LogP contribution in [0.25, 0.3) is 0 Å². The zero-order chi connectivity index (χ0) is 14.5. The van der Waals surface area contributed by atoms with Crippen LogP contribution >= 0.6 is 0 Å². The Morgan fingerprint density at radius 3 is 2.53 bits per heavy atom. The molecule has 3 N–H and O–H groups in total. The molecule has 1 atom stereocenters. The number of esters is 1. The number of carbonyl (C=O) groups is 1. The van der Waals surface area contributed by atoms with Crippen LogP contribution in [0.15, 0.2) is 0 Å². The molecule has 0 saturated carbocycles. The van der Waals surface area contributed by atoms with Gasteiger partial charge in [-0.25, -0.2) is 0 Å². The number of hydrogen-bond acceptors (Lipinski definition) is 5. The molecule has 1 aliphatic heterocycles. The van der Waals surface area contributed by atoms with Crippen LogP contribution in [0.4, 0.5) is 0 Å². The summed E-state index contributed by atoms with van der Waals surface area (Å²) in [5.41, 5.74) is 5.40. The van der Waals surface area contributed by atoms with Crippen molar-refractivity contribution in [1.82, 2.24) is 9.03 Å². The Labute approximate surface area is 114 Å². The maximum atomic E-state index is 12.0. The van der Waals surface area contributed by atoms with Crippen LogP contribution in [0.1, 0.15) is 26.7 Å². The minimum absolute atomic E-state index is 0.196. The molecule has 112 valence electrons. The molecule has 0 aromatic heterocycles. The SMILES string of the molecule is CCOC(=O)C1CCN(S(=O)(=O)N[C@H](C)CN)CC1. The van der Waals surface area contributed by atoms with Crippen LogP contribution in [0, 0.1) is 5.92 Å². The Bertz CT molecular complexity index is 391. The molecule has 7 nitrogen and oxygen atoms in total. The second-order valence-corrected chi connectivity index (χ2v) is 6.39. The Morgan fingerprint density at radius 2 is 2.05 bits per heavy atom. The van der Waals surface area contributed by atoms with E-state index in [1.54, 1.807) is 13.8 Å². The van der Waals surface area contributed by atoms with Gasteiger partial charge in [0.2, 0.25) is 0 Å². The first kappa shape index (κ1) is 16.4. The molecule has 19 heavy (non-hydrogen) atoms. The summed E-state index contributed by atoms with van der Waals surface area (Å²) >= 11 is 0. The standard InChI is InChI=1S/C11H23N3O4S/c1-3-18-11(15)10-4-6-14(7-5-10)19(16,17)13-9(2)8-12/h9-10,13H,3-8,12H2,1-2H3/t9-/m1/s1. The van der Waals surface area contributed by atoms with Gasteiger partial charge in [0.1, 0.15) is 0 Å². The van der Waals surface area contributed by atoms with Gasteiger partial charge in [-0.15, -0.1) is 0 Å². The third kappa shape index (κ3) is 4.72. The topological polar surface area (TPSA) is 102 Å². The second-order valence-electron chi connectivity index (χ2n) is 4.69. The van der Waals surface area contributed by atoms with Gasteiger partial charge in [-0.05, 0) is 26.7 Å². The van der Waals surface area contributed by atoms with Crippen LogP contribution in [0.3, 0.4) is 0 Å². The first-order chi connectivity index (χ1) is 8.90. The lowest BCUT2D eigenvalue weighted by Gasteiger charge is -2.30. The van der Waals surface area contributed by atoms with Crippen molar-refractivity contribution < 1.29 is 17.9 Å². The van der Waals surface area contributed by atoms with Crippen LogP contribution in [0.5, 0.6) is 0 Å². The Morgan fingerprint density at radius 1 is 1.47 bits per heavy atom. The fraction of sp³-hybridized carbons (Fsp3) is 0.909. The molecule has 0 aromatic carbocycles. The van der Waals surface area contributed by atoms with Crippen molar-refractivity contribution in [2.45, 2.75) is 32.7 Å². The van der Waals surface area contributed by atoms with Crippen LogP contribution < -0.4 is 10.5 Å². The molecule has 0 bridgehead atoms. The molecule has 1 fully saturated rings. The number of nitrogens with two attached hydrogens (primary N) is 1. The fourth-order valence-corrected chi connectivity index (χ4v) is 3.41. The number of carbonyl (C=O) groups excluding carboxylic acids is 1. The molecule has 8 heteroatoms. The number of piperidine rings is 1. The van der Waals surface area contributed by atoms with E-state index in [4.69, 9.17) is 10.5 Å². The Balaban J connectivity index is 2.51. The first-order valence-corrected chi connectivity index (χ1v) is 7.98. The highest BCUT2D eigenvalue weighted by atomic mass is 32.2. The van der Waals surface area contributed by atoms with Gasteiger partial charge < -0.3 is 10.5 Å². The zero-order valence-electron chi connectivity index (χ0n) is 11.5. The lowest BCUT2D eigenvalue weighted by molar-refractivity contribution is -0.149. The summed E-state index contributed by atoms with van der Waals surface area (Å²) in [7, 11) is -3.50. The zero-order valence-corrected chi connectivity index (χ0v) is 12.3. The van der Waals surface area contributed by atoms with Gasteiger partial charge in [0.15, 0.2) is 0 Å². The van der Waals surface area contributed by atoms with Crippen molar-refractivity contribution in [3.63, 3.8) is 0 Å². The highest BCUT2D eigenvalue weighted by Gasteiger charge is 2.32. The Hall–Kier alpha value is -0.700. The quantitative estimate of drug-likeness (QED) is 0.639. The van der Waals surface area contributed by atoms with E-state index >= 15 is 0 Å². The lowest BCUT2D eigenvalue weighted by atomic mass is 9.98. The summed E-state index contributed by atoms with van der Waals surface area (Å²) in [6.45, 7) is 4.73. The van der Waals surface area contributed by atoms with Gasteiger partial charge >= 0.3 is 5.97 Å². The van der Waals surface area contributed by atoms with Crippen molar-refractivity contribution in [3.05, 3.63) is 0 Å². The van der Waals surface area contributed by atoms with Crippen LogP contribution in [-0.4, -0.2) is 51.0 Å². The predicted molar refractivity (Wildman–Crippen MR) is 71.5 cm³/mol. The molecule has 0 radical (unpaired) electrons. The van der Waals surface area contributed by atoms with E-state index in [0.29, 0.717) is 32.5 Å². The van der Waals surface area contributed by atoms with Crippen molar-refractivity contribution in [2.75, 3.05) is 26.2 Å². The predicted octanol–water partition coefficient (Wildman–Crippen LogP) is -0.557. The van der Waals surface area contributed by atoms with Gasteiger partial charge in [-0.2, -0.15) is 17.4 Å². The molecule has 0 aliphatic carbocycles. The molecule has 0 aromatic rings. The summed E-state index contributed by atoms with van der Waals surface area (Å²) in [6.07, 6.45) is 0.994. The number of hydrogen-bond donors (Lipinski definition) is 2. The maximum Gasteiger partial charge on any atom is 0.309 e. The summed E-state index contributed by atoms with van der Waals surface area (Å²) < 4.78 is 32.8. The van der Waals surface area contributed by atoms with Gasteiger partial charge in [0, 0.05) is 25.7 Å². The van der Waals surface area contributed by atoms with Crippen LogP contribution in [0.2, 0.25) is 0 Å². The van der Waals surface area contributed by atoms with E-state index in [1.165, 1.54) is 4.31 Å². The average molecular weight is 293 g/mol. The third-order valence-electron chi connectivity index (χ3n) is 3.12. The third-order valence-corrected chi connectivity index (χ3v) is 4.86. The monoisotopic (exact) mass is 293 g/mol. The van der Waals surface area contributed by atoms with Crippen molar-refractivity contribution in [2.24, 2.45) is 11.7 Å². The molecule has 1 heterocycles. The van der Waals surface area contributed by atoms with E-state index < -0.39 is 10.2 Å². The largest absolute Gasteiger partial charge is 0.466 e. The maximum absolute atomic E-state index is 12.0. The average Bonchev–Trinajstić information content (AvgIpc) is 2.38. The highest BCUT2D eigenvalue weighted by Crippen LogP contribution is 2.20. The fourth-order valence-electron chi connectivity index (χ4n) is 1.97. The molecular weight excluding hydrogens is 270 g/mol. The van der Waals surface area contributed by atoms with Crippen molar-refractivity contribution in [3.8, 4) is 0 Å². The van der Waals surface area contributed by atoms with Gasteiger partial charge in [0.05, 0.1) is 12.5 Å². The molecule has 1 rings (SSSR count). The summed E-state index contributed by atoms with van der Waals surface area (Å²) in [6, 6.07) is -0.298. The molecular formula is C11H23N3O4S. The van der Waals surface area contributed by atoms with E-state index in [0.717, 1.165) is 0 Å². The number of nitrogens with one attached hydrogen (secondary N) is 1. The van der Waals surface area contributed by atoms with Gasteiger partial charge in [-0.1, -0.05) is 0 Å². The first-order valence-electron chi connectivity index (χ1n) is 6.54. The van der Waals surface area contributed by atoms with Crippen molar-refractivity contribution in [1.29, 1.82) is 0 Å². The summed E-state index contributed by atoms with van der Waals surface area (Å²) in [5, 5.41) is 0. The summed E-state index contributed by atoms with van der Waals surface area (Å²) in [4.78, 5) is 11.6. The minimum atomic E-state index is -3.50. The minimum Gasteiger partial charge on any atom is -0.466 e.